The third-order valence-corrected chi connectivity index (χ3v) is 4.96. The molecule has 2 aromatic heterocycles. The third kappa shape index (κ3) is 3.82. The van der Waals surface area contributed by atoms with Gasteiger partial charge in [0, 0.05) is 32.7 Å². The van der Waals surface area contributed by atoms with Crippen LogP contribution in [0, 0.1) is 0 Å². The van der Waals surface area contributed by atoms with E-state index < -0.39 is 6.10 Å². The molecule has 1 atom stereocenters. The van der Waals surface area contributed by atoms with E-state index in [1.807, 2.05) is 4.90 Å². The summed E-state index contributed by atoms with van der Waals surface area (Å²) in [7, 11) is 0. The molecule has 0 saturated carbocycles. The molecular weight excluding hydrogens is 328 g/mol. The minimum absolute atomic E-state index is 0.0275. The molecule has 130 valence electrons. The number of rotatable bonds is 6. The van der Waals surface area contributed by atoms with Gasteiger partial charge in [0.25, 0.3) is 5.91 Å². The maximum absolute atomic E-state index is 12.6. The van der Waals surface area contributed by atoms with Crippen LogP contribution in [-0.4, -0.2) is 63.1 Å². The number of carbonyl (C=O) groups excluding carboxylic acids is 1. The minimum atomic E-state index is -0.635. The second-order valence-corrected chi connectivity index (χ2v) is 6.68. The fourth-order valence-electron chi connectivity index (χ4n) is 2.86. The maximum Gasteiger partial charge on any atom is 0.267 e. The van der Waals surface area contributed by atoms with Gasteiger partial charge in [-0.25, -0.2) is 0 Å². The summed E-state index contributed by atoms with van der Waals surface area (Å²) >= 11 is 1.18. The summed E-state index contributed by atoms with van der Waals surface area (Å²) in [6, 6.07) is 3.54. The molecule has 1 saturated heterocycles. The number of amides is 1. The quantitative estimate of drug-likeness (QED) is 0.852. The molecule has 8 heteroatoms. The van der Waals surface area contributed by atoms with Gasteiger partial charge in [-0.2, -0.15) is 0 Å². The number of aliphatic hydroxyl groups excluding tert-OH is 1. The van der Waals surface area contributed by atoms with Crippen molar-refractivity contribution in [1.29, 1.82) is 0 Å². The van der Waals surface area contributed by atoms with Gasteiger partial charge in [-0.1, -0.05) is 17.8 Å². The van der Waals surface area contributed by atoms with Gasteiger partial charge in [-0.15, -0.1) is 5.10 Å². The molecule has 0 radical (unpaired) electrons. The van der Waals surface area contributed by atoms with Gasteiger partial charge in [-0.3, -0.25) is 9.69 Å². The second kappa shape index (κ2) is 7.87. The molecule has 1 aliphatic rings. The topological polar surface area (TPSA) is 82.7 Å². The van der Waals surface area contributed by atoms with Crippen molar-refractivity contribution >= 4 is 17.4 Å². The van der Waals surface area contributed by atoms with E-state index in [2.05, 4.69) is 21.4 Å². The molecule has 0 spiro atoms. The first-order chi connectivity index (χ1) is 11.7. The van der Waals surface area contributed by atoms with Crippen molar-refractivity contribution in [2.45, 2.75) is 25.9 Å². The van der Waals surface area contributed by atoms with Crippen LogP contribution >= 0.6 is 11.5 Å². The van der Waals surface area contributed by atoms with Crippen LogP contribution in [0.4, 0.5) is 0 Å². The molecule has 2 aromatic rings. The standard InChI is InChI=1S/C16H22N4O3S/c1-2-4-12-15(24-18-17-12)16(22)20-8-6-19(7-9-20)11-13(21)14-5-3-10-23-14/h3,5,10,13,21H,2,4,6-9,11H2,1H3/t13-/m0/s1. The monoisotopic (exact) mass is 350 g/mol. The lowest BCUT2D eigenvalue weighted by Gasteiger charge is -2.35. The van der Waals surface area contributed by atoms with Crippen LogP contribution in [0.25, 0.3) is 0 Å². The normalized spacial score (nSPS) is 17.2. The van der Waals surface area contributed by atoms with E-state index in [1.165, 1.54) is 11.5 Å². The van der Waals surface area contributed by atoms with E-state index >= 15 is 0 Å². The summed E-state index contributed by atoms with van der Waals surface area (Å²) in [5.41, 5.74) is 0.808. The van der Waals surface area contributed by atoms with E-state index in [9.17, 15) is 9.90 Å². The summed E-state index contributed by atoms with van der Waals surface area (Å²) in [4.78, 5) is 17.3. The molecule has 7 nitrogen and oxygen atoms in total. The number of hydrogen-bond donors (Lipinski definition) is 1. The predicted molar refractivity (Wildman–Crippen MR) is 89.9 cm³/mol. The van der Waals surface area contributed by atoms with Crippen LogP contribution in [-0.2, 0) is 6.42 Å². The number of carbonyl (C=O) groups is 1. The highest BCUT2D eigenvalue weighted by atomic mass is 32.1. The van der Waals surface area contributed by atoms with Crippen molar-refractivity contribution in [1.82, 2.24) is 19.4 Å². The number of β-amino-alcohol motifs (C(OH)–C–C–N with tert-alkyl or cyclic N) is 1. The first-order valence-corrected chi connectivity index (χ1v) is 9.00. The van der Waals surface area contributed by atoms with Gasteiger partial charge in [0.2, 0.25) is 0 Å². The first kappa shape index (κ1) is 17.1. The summed E-state index contributed by atoms with van der Waals surface area (Å²) < 4.78 is 9.16. The summed E-state index contributed by atoms with van der Waals surface area (Å²) in [6.07, 6.45) is 2.66. The van der Waals surface area contributed by atoms with Crippen molar-refractivity contribution < 1.29 is 14.3 Å². The average Bonchev–Trinajstić information content (AvgIpc) is 3.27. The zero-order valence-corrected chi connectivity index (χ0v) is 14.5. The van der Waals surface area contributed by atoms with E-state index in [4.69, 9.17) is 4.42 Å². The van der Waals surface area contributed by atoms with Gasteiger partial charge < -0.3 is 14.4 Å². The molecule has 0 bridgehead atoms. The highest BCUT2D eigenvalue weighted by molar-refractivity contribution is 7.08. The van der Waals surface area contributed by atoms with Gasteiger partial charge in [-0.05, 0) is 30.1 Å². The second-order valence-electron chi connectivity index (χ2n) is 5.92. The van der Waals surface area contributed by atoms with Gasteiger partial charge in [0.05, 0.1) is 12.0 Å². The minimum Gasteiger partial charge on any atom is -0.467 e. The summed E-state index contributed by atoms with van der Waals surface area (Å²) in [5.74, 6) is 0.605. The zero-order valence-electron chi connectivity index (χ0n) is 13.7. The maximum atomic E-state index is 12.6. The Labute approximate surface area is 145 Å². The Hall–Kier alpha value is -1.77. The SMILES string of the molecule is CCCc1nnsc1C(=O)N1CCN(C[C@H](O)c2ccco2)CC1. The van der Waals surface area contributed by atoms with Crippen LogP contribution in [0.5, 0.6) is 0 Å². The lowest BCUT2D eigenvalue weighted by molar-refractivity contribution is 0.0488. The number of furan rings is 1. The zero-order chi connectivity index (χ0) is 16.9. The fraction of sp³-hybridized carbons (Fsp3) is 0.562. The largest absolute Gasteiger partial charge is 0.467 e. The number of piperazine rings is 1. The molecule has 0 unspecified atom stereocenters. The third-order valence-electron chi connectivity index (χ3n) is 4.20. The Morgan fingerprint density at radius 1 is 1.42 bits per heavy atom. The Balaban J connectivity index is 1.53. The number of aliphatic hydroxyl groups is 1. The average molecular weight is 350 g/mol. The van der Waals surface area contributed by atoms with E-state index in [1.54, 1.807) is 18.4 Å². The summed E-state index contributed by atoms with van der Waals surface area (Å²) in [6.45, 7) is 5.34. The van der Waals surface area contributed by atoms with Crippen molar-refractivity contribution in [3.05, 3.63) is 34.7 Å². The Morgan fingerprint density at radius 3 is 2.88 bits per heavy atom. The summed E-state index contributed by atoms with van der Waals surface area (Å²) in [5, 5.41) is 14.2. The van der Waals surface area contributed by atoms with Crippen molar-refractivity contribution in [2.24, 2.45) is 0 Å². The molecule has 1 aliphatic heterocycles. The van der Waals surface area contributed by atoms with E-state index in [0.717, 1.165) is 31.6 Å². The van der Waals surface area contributed by atoms with E-state index in [-0.39, 0.29) is 5.91 Å². The van der Waals surface area contributed by atoms with Crippen LogP contribution in [0.2, 0.25) is 0 Å². The van der Waals surface area contributed by atoms with Crippen molar-refractivity contribution in [2.75, 3.05) is 32.7 Å². The number of aryl methyl sites for hydroxylation is 1. The Morgan fingerprint density at radius 2 is 2.21 bits per heavy atom. The molecular formula is C16H22N4O3S. The lowest BCUT2D eigenvalue weighted by atomic mass is 10.2. The highest BCUT2D eigenvalue weighted by Gasteiger charge is 2.27. The van der Waals surface area contributed by atoms with Crippen LogP contribution in [0.1, 0.15) is 40.6 Å². The molecule has 3 rings (SSSR count). The molecule has 1 amide bonds. The van der Waals surface area contributed by atoms with Gasteiger partial charge in [0.15, 0.2) is 0 Å². The number of nitrogens with zero attached hydrogens (tertiary/aromatic N) is 4. The molecule has 0 aliphatic carbocycles. The van der Waals surface area contributed by atoms with Crippen LogP contribution in [0.15, 0.2) is 22.8 Å². The van der Waals surface area contributed by atoms with Crippen molar-refractivity contribution in [3.63, 3.8) is 0 Å². The van der Waals surface area contributed by atoms with Crippen LogP contribution < -0.4 is 0 Å². The highest BCUT2D eigenvalue weighted by Crippen LogP contribution is 2.19. The smallest absolute Gasteiger partial charge is 0.267 e. The molecule has 3 heterocycles. The predicted octanol–water partition coefficient (Wildman–Crippen LogP) is 1.58. The Bertz CT molecular complexity index is 650. The Kier molecular flexibility index (Phi) is 5.60. The van der Waals surface area contributed by atoms with Crippen molar-refractivity contribution in [3.8, 4) is 0 Å². The lowest BCUT2D eigenvalue weighted by Crippen LogP contribution is -2.49. The molecule has 1 fully saturated rings. The molecule has 1 N–H and O–H groups in total. The van der Waals surface area contributed by atoms with Gasteiger partial charge >= 0.3 is 0 Å². The molecule has 24 heavy (non-hydrogen) atoms. The van der Waals surface area contributed by atoms with E-state index in [0.29, 0.717) is 30.3 Å². The number of hydrogen-bond acceptors (Lipinski definition) is 7. The number of aromatic nitrogens is 2. The molecule has 0 aromatic carbocycles. The van der Waals surface area contributed by atoms with Gasteiger partial charge in [0.1, 0.15) is 16.7 Å². The first-order valence-electron chi connectivity index (χ1n) is 8.23. The fourth-order valence-corrected chi connectivity index (χ4v) is 3.54. The van der Waals surface area contributed by atoms with Crippen LogP contribution in [0.3, 0.4) is 0 Å².